The van der Waals surface area contributed by atoms with E-state index in [1.807, 2.05) is 37.3 Å². The van der Waals surface area contributed by atoms with Crippen LogP contribution < -0.4 is 9.47 Å². The van der Waals surface area contributed by atoms with Crippen LogP contribution in [0.15, 0.2) is 34.8 Å². The third kappa shape index (κ3) is 2.53. The number of methoxy groups -OCH3 is 1. The van der Waals surface area contributed by atoms with Crippen molar-refractivity contribution < 1.29 is 14.3 Å². The van der Waals surface area contributed by atoms with Crippen molar-refractivity contribution in [2.24, 2.45) is 0 Å². The van der Waals surface area contributed by atoms with E-state index in [1.54, 1.807) is 14.2 Å². The Morgan fingerprint density at radius 3 is 2.86 bits per heavy atom. The Hall–Kier alpha value is -1.79. The van der Waals surface area contributed by atoms with Crippen molar-refractivity contribution in [2.45, 2.75) is 13.0 Å². The first-order chi connectivity index (χ1) is 10.5. The lowest BCUT2D eigenvalue weighted by molar-refractivity contribution is -0.121. The molecule has 4 nitrogen and oxygen atoms in total. The molecular weight excluding hydrogens is 318 g/mol. The van der Waals surface area contributed by atoms with E-state index in [4.69, 9.17) is 21.7 Å². The summed E-state index contributed by atoms with van der Waals surface area (Å²) in [5.41, 5.74) is 1.88. The molecule has 0 N–H and O–H groups in total. The van der Waals surface area contributed by atoms with E-state index in [0.29, 0.717) is 15.0 Å². The SMILES string of the molecule is COc1cccc2c1OC(C)C(C=C1SC(=S)N(C)C1=O)=C2. The number of hydrogen-bond donors (Lipinski definition) is 0. The molecule has 1 atom stereocenters. The number of hydrogen-bond acceptors (Lipinski definition) is 5. The van der Waals surface area contributed by atoms with Crippen LogP contribution in [-0.4, -0.2) is 35.4 Å². The lowest BCUT2D eigenvalue weighted by Gasteiger charge is -2.24. The first-order valence-electron chi connectivity index (χ1n) is 6.78. The van der Waals surface area contributed by atoms with Gasteiger partial charge in [-0.25, -0.2) is 0 Å². The van der Waals surface area contributed by atoms with Crippen LogP contribution in [0.3, 0.4) is 0 Å². The normalized spacial score (nSPS) is 22.5. The topological polar surface area (TPSA) is 38.8 Å². The summed E-state index contributed by atoms with van der Waals surface area (Å²) in [6.07, 6.45) is 3.72. The Balaban J connectivity index is 2.00. The Morgan fingerprint density at radius 2 is 2.23 bits per heavy atom. The van der Waals surface area contributed by atoms with Crippen molar-refractivity contribution in [3.8, 4) is 11.5 Å². The highest BCUT2D eigenvalue weighted by molar-refractivity contribution is 8.26. The average Bonchev–Trinajstić information content (AvgIpc) is 2.75. The third-order valence-electron chi connectivity index (χ3n) is 3.60. The molecule has 114 valence electrons. The molecule has 0 radical (unpaired) electrons. The lowest BCUT2D eigenvalue weighted by atomic mass is 10.0. The van der Waals surface area contributed by atoms with Gasteiger partial charge in [0.2, 0.25) is 0 Å². The molecule has 0 aromatic heterocycles. The summed E-state index contributed by atoms with van der Waals surface area (Å²) in [7, 11) is 3.31. The molecule has 0 aliphatic carbocycles. The maximum atomic E-state index is 12.1. The Bertz CT molecular complexity index is 724. The summed E-state index contributed by atoms with van der Waals surface area (Å²) in [6, 6.07) is 5.74. The van der Waals surface area contributed by atoms with Crippen molar-refractivity contribution in [1.82, 2.24) is 4.90 Å². The van der Waals surface area contributed by atoms with Gasteiger partial charge in [0.1, 0.15) is 10.4 Å². The number of thioether (sulfide) groups is 1. The number of amides is 1. The molecule has 1 saturated heterocycles. The fourth-order valence-corrected chi connectivity index (χ4v) is 3.51. The van der Waals surface area contributed by atoms with Crippen LogP contribution in [0.1, 0.15) is 12.5 Å². The zero-order valence-electron chi connectivity index (χ0n) is 12.5. The summed E-state index contributed by atoms with van der Waals surface area (Å²) in [5.74, 6) is 1.37. The molecule has 1 unspecified atom stereocenters. The molecule has 0 bridgehead atoms. The number of nitrogens with zero attached hydrogens (tertiary/aromatic N) is 1. The number of carbonyl (C=O) groups excluding carboxylic acids is 1. The fourth-order valence-electron chi connectivity index (χ4n) is 2.33. The van der Waals surface area contributed by atoms with Crippen LogP contribution >= 0.6 is 24.0 Å². The third-order valence-corrected chi connectivity index (χ3v) is 5.08. The molecular formula is C16H15NO3S2. The molecule has 1 aromatic carbocycles. The Labute approximate surface area is 138 Å². The molecule has 0 spiro atoms. The van der Waals surface area contributed by atoms with Crippen LogP contribution in [0.25, 0.3) is 6.08 Å². The van der Waals surface area contributed by atoms with Crippen LogP contribution in [0.2, 0.25) is 0 Å². The number of thiocarbonyl (C=S) groups is 1. The number of carbonyl (C=O) groups is 1. The molecule has 2 aliphatic heterocycles. The van der Waals surface area contributed by atoms with Gasteiger partial charge in [-0.2, -0.15) is 0 Å². The highest BCUT2D eigenvalue weighted by atomic mass is 32.2. The van der Waals surface area contributed by atoms with E-state index in [9.17, 15) is 4.79 Å². The van der Waals surface area contributed by atoms with Gasteiger partial charge in [0.05, 0.1) is 12.0 Å². The number of fused-ring (bicyclic) bond motifs is 1. The maximum absolute atomic E-state index is 12.1. The number of benzene rings is 1. The van der Waals surface area contributed by atoms with Gasteiger partial charge in [-0.3, -0.25) is 9.69 Å². The zero-order chi connectivity index (χ0) is 15.9. The van der Waals surface area contributed by atoms with Gasteiger partial charge in [0, 0.05) is 12.6 Å². The van der Waals surface area contributed by atoms with Crippen molar-refractivity contribution in [3.63, 3.8) is 0 Å². The number of rotatable bonds is 2. The van der Waals surface area contributed by atoms with Crippen LogP contribution in [-0.2, 0) is 4.79 Å². The highest BCUT2D eigenvalue weighted by Crippen LogP contribution is 2.39. The molecule has 0 saturated carbocycles. The van der Waals surface area contributed by atoms with Gasteiger partial charge in [-0.1, -0.05) is 36.1 Å². The minimum Gasteiger partial charge on any atom is -0.493 e. The summed E-state index contributed by atoms with van der Waals surface area (Å²) in [5, 5.41) is 0. The second kappa shape index (κ2) is 5.78. The van der Waals surface area contributed by atoms with Gasteiger partial charge in [-0.05, 0) is 30.7 Å². The van der Waals surface area contributed by atoms with Gasteiger partial charge >= 0.3 is 0 Å². The molecule has 22 heavy (non-hydrogen) atoms. The summed E-state index contributed by atoms with van der Waals surface area (Å²) in [4.78, 5) is 14.2. The first kappa shape index (κ1) is 15.1. The van der Waals surface area contributed by atoms with E-state index in [2.05, 4.69) is 0 Å². The quantitative estimate of drug-likeness (QED) is 0.614. The highest BCUT2D eigenvalue weighted by Gasteiger charge is 2.30. The second-order valence-electron chi connectivity index (χ2n) is 5.02. The molecule has 1 amide bonds. The van der Waals surface area contributed by atoms with Gasteiger partial charge in [-0.15, -0.1) is 0 Å². The monoisotopic (exact) mass is 333 g/mol. The van der Waals surface area contributed by atoms with Gasteiger partial charge < -0.3 is 9.47 Å². The van der Waals surface area contributed by atoms with E-state index < -0.39 is 0 Å². The first-order valence-corrected chi connectivity index (χ1v) is 8.00. The summed E-state index contributed by atoms with van der Waals surface area (Å²) < 4.78 is 11.9. The predicted octanol–water partition coefficient (Wildman–Crippen LogP) is 3.23. The Morgan fingerprint density at radius 1 is 1.45 bits per heavy atom. The van der Waals surface area contributed by atoms with E-state index >= 15 is 0 Å². The average molecular weight is 333 g/mol. The zero-order valence-corrected chi connectivity index (χ0v) is 14.1. The van der Waals surface area contributed by atoms with E-state index in [-0.39, 0.29) is 12.0 Å². The van der Waals surface area contributed by atoms with Crippen molar-refractivity contribution in [3.05, 3.63) is 40.3 Å². The number of ether oxygens (including phenoxy) is 2. The standard InChI is InChI=1S/C16H15NO3S2/c1-9-11(8-13-15(18)17(2)16(21)22-13)7-10-5-4-6-12(19-3)14(10)20-9/h4-9H,1-3H3. The lowest BCUT2D eigenvalue weighted by Crippen LogP contribution is -2.23. The molecule has 6 heteroatoms. The van der Waals surface area contributed by atoms with Crippen molar-refractivity contribution in [2.75, 3.05) is 14.2 Å². The van der Waals surface area contributed by atoms with Crippen LogP contribution in [0, 0.1) is 0 Å². The second-order valence-corrected chi connectivity index (χ2v) is 6.70. The van der Waals surface area contributed by atoms with Crippen LogP contribution in [0.4, 0.5) is 0 Å². The van der Waals surface area contributed by atoms with Crippen LogP contribution in [0.5, 0.6) is 11.5 Å². The van der Waals surface area contributed by atoms with Gasteiger partial charge in [0.15, 0.2) is 11.5 Å². The van der Waals surface area contributed by atoms with Crippen molar-refractivity contribution >= 4 is 40.3 Å². The van der Waals surface area contributed by atoms with E-state index in [0.717, 1.165) is 16.9 Å². The molecule has 1 fully saturated rings. The number of para-hydroxylation sites is 1. The number of likely N-dealkylation sites (N-methyl/N-ethyl adjacent to an activating group) is 1. The van der Waals surface area contributed by atoms with Gasteiger partial charge in [0.25, 0.3) is 5.91 Å². The molecule has 1 aromatic rings. The molecule has 2 aliphatic rings. The van der Waals surface area contributed by atoms with E-state index in [1.165, 1.54) is 16.7 Å². The smallest absolute Gasteiger partial charge is 0.265 e. The molecule has 3 rings (SSSR count). The minimum absolute atomic E-state index is 0.0699. The molecule has 2 heterocycles. The largest absolute Gasteiger partial charge is 0.493 e. The maximum Gasteiger partial charge on any atom is 0.265 e. The predicted molar refractivity (Wildman–Crippen MR) is 92.1 cm³/mol. The minimum atomic E-state index is -0.163. The van der Waals surface area contributed by atoms with Crippen molar-refractivity contribution in [1.29, 1.82) is 0 Å². The Kier molecular flexibility index (Phi) is 3.97. The fraction of sp³-hybridized carbons (Fsp3) is 0.250. The summed E-state index contributed by atoms with van der Waals surface area (Å²) >= 11 is 6.46. The summed E-state index contributed by atoms with van der Waals surface area (Å²) in [6.45, 7) is 1.95.